The number of benzene rings is 1. The molecule has 2 rings (SSSR count). The number of halogens is 3. The molecule has 0 unspecified atom stereocenters. The quantitative estimate of drug-likeness (QED) is 0.613. The summed E-state index contributed by atoms with van der Waals surface area (Å²) in [4.78, 5) is 3.63. The summed E-state index contributed by atoms with van der Waals surface area (Å²) in [5.41, 5.74) is 5.84. The van der Waals surface area contributed by atoms with E-state index in [0.29, 0.717) is 4.47 Å². The number of hydrogen-bond acceptors (Lipinski definition) is 4. The van der Waals surface area contributed by atoms with Gasteiger partial charge in [-0.05, 0) is 34.1 Å². The Balaban J connectivity index is 2.49. The standard InChI is InChI=1S/C11H8BrCl2N3O2S/c12-6-4-9(11(14)16-5-6)17-20(18,19)10-7(13)2-1-3-8(10)15/h1-5,17H,15H2. The van der Waals surface area contributed by atoms with Crippen LogP contribution in [0.15, 0.2) is 39.8 Å². The predicted molar refractivity (Wildman–Crippen MR) is 83.6 cm³/mol. The summed E-state index contributed by atoms with van der Waals surface area (Å²) in [6.45, 7) is 0. The molecule has 1 aromatic carbocycles. The fourth-order valence-corrected chi connectivity index (χ4v) is 3.77. The van der Waals surface area contributed by atoms with E-state index in [2.05, 4.69) is 25.6 Å². The van der Waals surface area contributed by atoms with Crippen molar-refractivity contribution in [2.75, 3.05) is 10.5 Å². The molecule has 9 heteroatoms. The number of pyridine rings is 1. The van der Waals surface area contributed by atoms with Crippen LogP contribution in [-0.4, -0.2) is 13.4 Å². The monoisotopic (exact) mass is 395 g/mol. The molecule has 0 bridgehead atoms. The van der Waals surface area contributed by atoms with E-state index in [9.17, 15) is 8.42 Å². The molecule has 0 fully saturated rings. The third kappa shape index (κ3) is 3.17. The molecule has 0 aliphatic carbocycles. The highest BCUT2D eigenvalue weighted by atomic mass is 79.9. The second-order valence-electron chi connectivity index (χ2n) is 3.76. The molecule has 5 nitrogen and oxygen atoms in total. The molecule has 0 saturated carbocycles. The summed E-state index contributed by atoms with van der Waals surface area (Å²) in [7, 11) is -3.97. The molecular formula is C11H8BrCl2N3O2S. The summed E-state index contributed by atoms with van der Waals surface area (Å²) in [5.74, 6) is 0. The SMILES string of the molecule is Nc1cccc(Cl)c1S(=O)(=O)Nc1cc(Br)cnc1Cl. The maximum absolute atomic E-state index is 12.3. The summed E-state index contributed by atoms with van der Waals surface area (Å²) < 4.78 is 27.5. The average molecular weight is 397 g/mol. The Morgan fingerprint density at radius 1 is 1.30 bits per heavy atom. The van der Waals surface area contributed by atoms with Gasteiger partial charge in [0.2, 0.25) is 0 Å². The first-order chi connectivity index (χ1) is 9.31. The van der Waals surface area contributed by atoms with Crippen LogP contribution in [0.1, 0.15) is 0 Å². The Morgan fingerprint density at radius 2 is 2.00 bits per heavy atom. The molecule has 1 aromatic heterocycles. The smallest absolute Gasteiger partial charge is 0.265 e. The van der Waals surface area contributed by atoms with Gasteiger partial charge in [0, 0.05) is 10.7 Å². The minimum absolute atomic E-state index is 0.0161. The Morgan fingerprint density at radius 3 is 2.65 bits per heavy atom. The number of nitrogens with zero attached hydrogens (tertiary/aromatic N) is 1. The van der Waals surface area contributed by atoms with E-state index in [1.807, 2.05) is 0 Å². The van der Waals surface area contributed by atoms with Crippen LogP contribution in [0.25, 0.3) is 0 Å². The summed E-state index contributed by atoms with van der Waals surface area (Å²) in [6, 6.07) is 5.93. The van der Waals surface area contributed by atoms with Crippen LogP contribution in [0.4, 0.5) is 11.4 Å². The first-order valence-corrected chi connectivity index (χ1v) is 8.22. The lowest BCUT2D eigenvalue weighted by atomic mass is 10.3. The Hall–Kier alpha value is -1.02. The van der Waals surface area contributed by atoms with E-state index in [4.69, 9.17) is 28.9 Å². The second kappa shape index (κ2) is 5.77. The fraction of sp³-hybridized carbons (Fsp3) is 0. The van der Waals surface area contributed by atoms with Gasteiger partial charge in [-0.1, -0.05) is 29.3 Å². The molecular weight excluding hydrogens is 389 g/mol. The van der Waals surface area contributed by atoms with E-state index in [-0.39, 0.29) is 26.4 Å². The van der Waals surface area contributed by atoms with Crippen LogP contribution in [0.3, 0.4) is 0 Å². The minimum Gasteiger partial charge on any atom is -0.398 e. The third-order valence-corrected chi connectivity index (χ3v) is 4.96. The Bertz CT molecular complexity index is 748. The summed E-state index contributed by atoms with van der Waals surface area (Å²) >= 11 is 14.9. The second-order valence-corrected chi connectivity index (χ2v) is 7.06. The van der Waals surface area contributed by atoms with E-state index in [1.54, 1.807) is 6.07 Å². The summed E-state index contributed by atoms with van der Waals surface area (Å²) in [5, 5.41) is 0.0407. The maximum Gasteiger partial charge on any atom is 0.265 e. The highest BCUT2D eigenvalue weighted by molar-refractivity contribution is 9.10. The molecule has 0 amide bonds. The van der Waals surface area contributed by atoms with Gasteiger partial charge in [-0.2, -0.15) is 0 Å². The lowest BCUT2D eigenvalue weighted by molar-refractivity contribution is 0.601. The zero-order valence-corrected chi connectivity index (χ0v) is 13.7. The molecule has 3 N–H and O–H groups in total. The van der Waals surface area contributed by atoms with Crippen LogP contribution in [-0.2, 0) is 10.0 Å². The number of nitrogens with one attached hydrogen (secondary N) is 1. The molecule has 0 spiro atoms. The summed E-state index contributed by atoms with van der Waals surface area (Å²) in [6.07, 6.45) is 1.45. The number of hydrogen-bond donors (Lipinski definition) is 2. The van der Waals surface area contributed by atoms with Gasteiger partial charge in [0.15, 0.2) is 5.15 Å². The van der Waals surface area contributed by atoms with Gasteiger partial charge >= 0.3 is 0 Å². The number of anilines is 2. The molecule has 0 radical (unpaired) electrons. The fourth-order valence-electron chi connectivity index (χ4n) is 1.50. The normalized spacial score (nSPS) is 11.3. The molecule has 2 aromatic rings. The molecule has 106 valence electrons. The van der Waals surface area contributed by atoms with Gasteiger partial charge in [-0.15, -0.1) is 0 Å². The van der Waals surface area contributed by atoms with Crippen molar-refractivity contribution in [3.05, 3.63) is 45.1 Å². The zero-order chi connectivity index (χ0) is 14.9. The first kappa shape index (κ1) is 15.4. The lowest BCUT2D eigenvalue weighted by Gasteiger charge is -2.12. The third-order valence-electron chi connectivity index (χ3n) is 2.32. The van der Waals surface area contributed by atoms with Crippen molar-refractivity contribution in [3.63, 3.8) is 0 Å². The van der Waals surface area contributed by atoms with Crippen molar-refractivity contribution in [2.24, 2.45) is 0 Å². The van der Waals surface area contributed by atoms with Gasteiger partial charge in [-0.3, -0.25) is 4.72 Å². The molecule has 0 atom stereocenters. The minimum atomic E-state index is -3.97. The highest BCUT2D eigenvalue weighted by Crippen LogP contribution is 2.31. The molecule has 0 aliphatic heterocycles. The Labute approximate surface area is 134 Å². The molecule has 0 aliphatic rings. The average Bonchev–Trinajstić information content (AvgIpc) is 2.33. The van der Waals surface area contributed by atoms with Gasteiger partial charge < -0.3 is 5.73 Å². The number of nitrogens with two attached hydrogens (primary N) is 1. The van der Waals surface area contributed by atoms with Crippen LogP contribution < -0.4 is 10.5 Å². The van der Waals surface area contributed by atoms with Gasteiger partial charge in [-0.25, -0.2) is 13.4 Å². The molecule has 20 heavy (non-hydrogen) atoms. The number of sulfonamides is 1. The van der Waals surface area contributed by atoms with Crippen LogP contribution in [0, 0.1) is 0 Å². The molecule has 0 saturated heterocycles. The Kier molecular flexibility index (Phi) is 4.43. The van der Waals surface area contributed by atoms with Crippen molar-refractivity contribution < 1.29 is 8.42 Å². The number of aromatic nitrogens is 1. The number of rotatable bonds is 3. The van der Waals surface area contributed by atoms with Crippen molar-refractivity contribution in [1.29, 1.82) is 0 Å². The van der Waals surface area contributed by atoms with E-state index < -0.39 is 10.0 Å². The van der Waals surface area contributed by atoms with Crippen LogP contribution in [0.2, 0.25) is 10.2 Å². The van der Waals surface area contributed by atoms with Gasteiger partial charge in [0.25, 0.3) is 10.0 Å². The topological polar surface area (TPSA) is 85.1 Å². The van der Waals surface area contributed by atoms with Crippen LogP contribution in [0.5, 0.6) is 0 Å². The van der Waals surface area contributed by atoms with E-state index in [1.165, 1.54) is 24.4 Å². The molecule has 1 heterocycles. The largest absolute Gasteiger partial charge is 0.398 e. The van der Waals surface area contributed by atoms with Gasteiger partial charge in [0.05, 0.1) is 16.4 Å². The first-order valence-electron chi connectivity index (χ1n) is 5.19. The lowest BCUT2D eigenvalue weighted by Crippen LogP contribution is -2.16. The van der Waals surface area contributed by atoms with Crippen molar-refractivity contribution in [3.8, 4) is 0 Å². The predicted octanol–water partition coefficient (Wildman–Crippen LogP) is 3.53. The number of nitrogen functional groups attached to an aromatic ring is 1. The van der Waals surface area contributed by atoms with Crippen molar-refractivity contribution in [1.82, 2.24) is 4.98 Å². The van der Waals surface area contributed by atoms with Crippen molar-refractivity contribution in [2.45, 2.75) is 4.90 Å². The van der Waals surface area contributed by atoms with Crippen molar-refractivity contribution >= 4 is 60.5 Å². The van der Waals surface area contributed by atoms with Gasteiger partial charge in [0.1, 0.15) is 4.90 Å². The van der Waals surface area contributed by atoms with E-state index in [0.717, 1.165) is 0 Å². The maximum atomic E-state index is 12.3. The highest BCUT2D eigenvalue weighted by Gasteiger charge is 2.22. The van der Waals surface area contributed by atoms with E-state index >= 15 is 0 Å². The zero-order valence-electron chi connectivity index (χ0n) is 9.77. The van der Waals surface area contributed by atoms with Crippen LogP contribution >= 0.6 is 39.1 Å².